The molecular formula is C17H21N7O2. The molecule has 0 atom stereocenters. The van der Waals surface area contributed by atoms with Gasteiger partial charge < -0.3 is 4.90 Å². The molecule has 0 aromatic carbocycles. The van der Waals surface area contributed by atoms with Gasteiger partial charge in [-0.25, -0.2) is 19.2 Å². The van der Waals surface area contributed by atoms with Crippen molar-refractivity contribution in [3.05, 3.63) is 46.0 Å². The standard InChI is InChI=1S/C17H21N7O2/c1-11-12(2)20-15-7-14(21-24(15)17(11)26)13-3-5-22(6-4-13)16(25)8-23-10-18-9-19-23/h7,9-10,13,21H,3-6,8H2,1-2H3. The fourth-order valence-electron chi connectivity index (χ4n) is 3.44. The van der Waals surface area contributed by atoms with Gasteiger partial charge in [0.05, 0.1) is 0 Å². The summed E-state index contributed by atoms with van der Waals surface area (Å²) < 4.78 is 3.05. The summed E-state index contributed by atoms with van der Waals surface area (Å²) in [6.45, 7) is 5.23. The van der Waals surface area contributed by atoms with Gasteiger partial charge in [-0.05, 0) is 26.7 Å². The predicted molar refractivity (Wildman–Crippen MR) is 93.9 cm³/mol. The summed E-state index contributed by atoms with van der Waals surface area (Å²) in [7, 11) is 0. The van der Waals surface area contributed by atoms with Crippen LogP contribution in [0.4, 0.5) is 0 Å². The zero-order chi connectivity index (χ0) is 18.3. The van der Waals surface area contributed by atoms with E-state index in [1.807, 2.05) is 17.9 Å². The lowest BCUT2D eigenvalue weighted by molar-refractivity contribution is -0.133. The first-order valence-electron chi connectivity index (χ1n) is 8.72. The maximum absolute atomic E-state index is 12.4. The number of carbonyl (C=O) groups excluding carboxylic acids is 1. The van der Waals surface area contributed by atoms with E-state index in [4.69, 9.17) is 0 Å². The maximum atomic E-state index is 12.4. The van der Waals surface area contributed by atoms with Gasteiger partial charge >= 0.3 is 0 Å². The number of aromatic nitrogens is 6. The van der Waals surface area contributed by atoms with Crippen LogP contribution < -0.4 is 5.56 Å². The molecule has 0 radical (unpaired) electrons. The van der Waals surface area contributed by atoms with Crippen molar-refractivity contribution in [2.45, 2.75) is 39.2 Å². The highest BCUT2D eigenvalue weighted by atomic mass is 16.2. The van der Waals surface area contributed by atoms with Gasteiger partial charge in [-0.15, -0.1) is 0 Å². The number of likely N-dealkylation sites (tertiary alicyclic amines) is 1. The summed E-state index contributed by atoms with van der Waals surface area (Å²) in [6.07, 6.45) is 4.67. The smallest absolute Gasteiger partial charge is 0.275 e. The van der Waals surface area contributed by atoms with Crippen molar-refractivity contribution in [1.29, 1.82) is 0 Å². The Morgan fingerprint density at radius 3 is 2.77 bits per heavy atom. The number of nitrogens with zero attached hydrogens (tertiary/aromatic N) is 6. The van der Waals surface area contributed by atoms with Gasteiger partial charge in [0.2, 0.25) is 5.91 Å². The minimum Gasteiger partial charge on any atom is -0.341 e. The maximum Gasteiger partial charge on any atom is 0.275 e. The van der Waals surface area contributed by atoms with E-state index < -0.39 is 0 Å². The van der Waals surface area contributed by atoms with Crippen molar-refractivity contribution in [1.82, 2.24) is 34.3 Å². The molecule has 3 aromatic rings. The first kappa shape index (κ1) is 16.5. The van der Waals surface area contributed by atoms with Gasteiger partial charge in [0, 0.05) is 42.0 Å². The minimum absolute atomic E-state index is 0.0507. The molecule has 9 nitrogen and oxygen atoms in total. The molecule has 0 aliphatic carbocycles. The zero-order valence-electron chi connectivity index (χ0n) is 14.8. The number of aromatic amines is 1. The molecule has 0 bridgehead atoms. The van der Waals surface area contributed by atoms with Crippen molar-refractivity contribution < 1.29 is 4.79 Å². The van der Waals surface area contributed by atoms with Crippen LogP contribution in [0.2, 0.25) is 0 Å². The fourth-order valence-corrected chi connectivity index (χ4v) is 3.44. The van der Waals surface area contributed by atoms with Crippen LogP contribution >= 0.6 is 0 Å². The third kappa shape index (κ3) is 2.89. The van der Waals surface area contributed by atoms with Crippen molar-refractivity contribution in [2.75, 3.05) is 13.1 Å². The number of amides is 1. The third-order valence-electron chi connectivity index (χ3n) is 5.15. The van der Waals surface area contributed by atoms with Crippen molar-refractivity contribution in [3.8, 4) is 0 Å². The molecule has 4 heterocycles. The number of H-pyrrole nitrogens is 1. The summed E-state index contributed by atoms with van der Waals surface area (Å²) in [5.41, 5.74) is 3.01. The number of piperidine rings is 1. The highest BCUT2D eigenvalue weighted by Gasteiger charge is 2.25. The molecule has 1 amide bonds. The number of hydrogen-bond donors (Lipinski definition) is 1. The van der Waals surface area contributed by atoms with E-state index in [1.165, 1.54) is 15.5 Å². The molecule has 9 heteroatoms. The Morgan fingerprint density at radius 1 is 1.31 bits per heavy atom. The summed E-state index contributed by atoms with van der Waals surface area (Å²) in [5.74, 6) is 0.335. The first-order valence-corrected chi connectivity index (χ1v) is 8.72. The molecule has 136 valence electrons. The Morgan fingerprint density at radius 2 is 2.08 bits per heavy atom. The van der Waals surface area contributed by atoms with E-state index in [2.05, 4.69) is 20.2 Å². The average Bonchev–Trinajstić information content (AvgIpc) is 3.30. The topological polar surface area (TPSA) is 101 Å². The summed E-state index contributed by atoms with van der Waals surface area (Å²) in [6, 6.07) is 1.95. The molecule has 4 rings (SSSR count). The monoisotopic (exact) mass is 355 g/mol. The quantitative estimate of drug-likeness (QED) is 0.743. The highest BCUT2D eigenvalue weighted by molar-refractivity contribution is 5.76. The molecule has 0 spiro atoms. The van der Waals surface area contributed by atoms with E-state index >= 15 is 0 Å². The van der Waals surface area contributed by atoms with Crippen LogP contribution in [0.15, 0.2) is 23.5 Å². The largest absolute Gasteiger partial charge is 0.341 e. The minimum atomic E-state index is -0.0563. The lowest BCUT2D eigenvalue weighted by Crippen LogP contribution is -2.39. The molecule has 1 N–H and O–H groups in total. The second-order valence-electron chi connectivity index (χ2n) is 6.78. The summed E-state index contributed by atoms with van der Waals surface area (Å²) in [4.78, 5) is 34.9. The van der Waals surface area contributed by atoms with Crippen LogP contribution in [0.3, 0.4) is 0 Å². The van der Waals surface area contributed by atoms with Crippen LogP contribution in [0.5, 0.6) is 0 Å². The van der Waals surface area contributed by atoms with Gasteiger partial charge in [-0.2, -0.15) is 5.10 Å². The Labute approximate surface area is 149 Å². The number of nitrogens with one attached hydrogen (secondary N) is 1. The van der Waals surface area contributed by atoms with E-state index in [0.717, 1.165) is 24.2 Å². The number of aryl methyl sites for hydroxylation is 1. The van der Waals surface area contributed by atoms with Gasteiger partial charge in [-0.1, -0.05) is 0 Å². The Hall–Kier alpha value is -2.97. The Balaban J connectivity index is 1.46. The number of hydrogen-bond acceptors (Lipinski definition) is 5. The summed E-state index contributed by atoms with van der Waals surface area (Å²) in [5, 5.41) is 7.17. The van der Waals surface area contributed by atoms with Crippen molar-refractivity contribution >= 4 is 11.6 Å². The lowest BCUT2D eigenvalue weighted by Gasteiger charge is -2.31. The molecule has 26 heavy (non-hydrogen) atoms. The number of fused-ring (bicyclic) bond motifs is 1. The van der Waals surface area contributed by atoms with Gasteiger partial charge in [0.15, 0.2) is 5.65 Å². The Bertz CT molecular complexity index is 994. The van der Waals surface area contributed by atoms with Gasteiger partial charge in [0.1, 0.15) is 19.2 Å². The van der Waals surface area contributed by atoms with Crippen LogP contribution in [-0.4, -0.2) is 53.3 Å². The summed E-state index contributed by atoms with van der Waals surface area (Å²) >= 11 is 0. The van der Waals surface area contributed by atoms with E-state index in [-0.39, 0.29) is 23.9 Å². The molecule has 1 fully saturated rings. The first-order chi connectivity index (χ1) is 12.5. The van der Waals surface area contributed by atoms with E-state index in [0.29, 0.717) is 24.3 Å². The molecule has 1 aliphatic rings. The second kappa shape index (κ2) is 6.40. The normalized spacial score (nSPS) is 15.7. The van der Waals surface area contributed by atoms with E-state index in [1.54, 1.807) is 13.3 Å². The van der Waals surface area contributed by atoms with Crippen LogP contribution in [0, 0.1) is 13.8 Å². The van der Waals surface area contributed by atoms with Crippen LogP contribution in [0.1, 0.15) is 35.7 Å². The zero-order valence-corrected chi connectivity index (χ0v) is 14.8. The van der Waals surface area contributed by atoms with Gasteiger partial charge in [0.25, 0.3) is 5.56 Å². The molecule has 3 aromatic heterocycles. The second-order valence-corrected chi connectivity index (χ2v) is 6.78. The van der Waals surface area contributed by atoms with Gasteiger partial charge in [-0.3, -0.25) is 14.7 Å². The molecule has 1 aliphatic heterocycles. The third-order valence-corrected chi connectivity index (χ3v) is 5.15. The van der Waals surface area contributed by atoms with Crippen molar-refractivity contribution in [2.24, 2.45) is 0 Å². The van der Waals surface area contributed by atoms with E-state index in [9.17, 15) is 9.59 Å². The molecular weight excluding hydrogens is 334 g/mol. The molecule has 0 unspecified atom stereocenters. The number of carbonyl (C=O) groups is 1. The fraction of sp³-hybridized carbons (Fsp3) is 0.471. The SMILES string of the molecule is Cc1nc2cc(C3CCN(C(=O)Cn4cncn4)CC3)[nH]n2c(=O)c1C. The van der Waals surface area contributed by atoms with Crippen molar-refractivity contribution in [3.63, 3.8) is 0 Å². The molecule has 1 saturated heterocycles. The highest BCUT2D eigenvalue weighted by Crippen LogP contribution is 2.27. The molecule has 0 saturated carbocycles. The average molecular weight is 355 g/mol. The Kier molecular flexibility index (Phi) is 4.06. The van der Waals surface area contributed by atoms with Crippen LogP contribution in [0.25, 0.3) is 5.65 Å². The lowest BCUT2D eigenvalue weighted by atomic mass is 9.93. The number of rotatable bonds is 3. The predicted octanol–water partition coefficient (Wildman–Crippen LogP) is 0.637. The van der Waals surface area contributed by atoms with Crippen LogP contribution in [-0.2, 0) is 11.3 Å².